The minimum absolute atomic E-state index is 0.108. The predicted molar refractivity (Wildman–Crippen MR) is 109 cm³/mol. The van der Waals surface area contributed by atoms with Crippen LogP contribution < -0.4 is 0 Å². The highest BCUT2D eigenvalue weighted by atomic mass is 35.5. The predicted octanol–water partition coefficient (Wildman–Crippen LogP) is 5.13. The standard InChI is InChI=1S/C23H22ClNO3/c24-19-8-6-18(7-9-19)22-16-25(14-15-27-22)23(26)13-11-20-10-12-21(28-20)17-4-2-1-3-5-17/h1-10,12,22H,11,13-16H2. The van der Waals surface area contributed by atoms with Crippen LogP contribution in [0.1, 0.15) is 23.8 Å². The summed E-state index contributed by atoms with van der Waals surface area (Å²) in [5.74, 6) is 1.78. The van der Waals surface area contributed by atoms with Crippen molar-refractivity contribution in [2.75, 3.05) is 19.7 Å². The quantitative estimate of drug-likeness (QED) is 0.601. The molecule has 0 bridgehead atoms. The van der Waals surface area contributed by atoms with Gasteiger partial charge in [0.2, 0.25) is 5.91 Å². The average molecular weight is 396 g/mol. The first-order valence-electron chi connectivity index (χ1n) is 9.48. The zero-order valence-electron chi connectivity index (χ0n) is 15.5. The summed E-state index contributed by atoms with van der Waals surface area (Å²) < 4.78 is 11.7. The molecule has 0 aliphatic carbocycles. The molecule has 1 aromatic heterocycles. The smallest absolute Gasteiger partial charge is 0.223 e. The molecule has 144 valence electrons. The Balaban J connectivity index is 1.33. The van der Waals surface area contributed by atoms with E-state index in [0.29, 0.717) is 37.6 Å². The molecule has 5 heteroatoms. The maximum absolute atomic E-state index is 12.7. The van der Waals surface area contributed by atoms with Crippen LogP contribution in [-0.2, 0) is 16.0 Å². The van der Waals surface area contributed by atoms with Crippen LogP contribution in [0.2, 0.25) is 5.02 Å². The highest BCUT2D eigenvalue weighted by Crippen LogP contribution is 2.25. The number of rotatable bonds is 5. The Morgan fingerprint density at radius 1 is 1.04 bits per heavy atom. The fourth-order valence-electron chi connectivity index (χ4n) is 3.41. The molecule has 0 spiro atoms. The minimum atomic E-state index is -0.108. The minimum Gasteiger partial charge on any atom is -0.461 e. The number of morpholine rings is 1. The number of carbonyl (C=O) groups excluding carboxylic acids is 1. The number of hydrogen-bond acceptors (Lipinski definition) is 3. The van der Waals surface area contributed by atoms with Gasteiger partial charge in [0, 0.05) is 30.0 Å². The van der Waals surface area contributed by atoms with Gasteiger partial charge in [0.25, 0.3) is 0 Å². The highest BCUT2D eigenvalue weighted by molar-refractivity contribution is 6.30. The van der Waals surface area contributed by atoms with Crippen molar-refractivity contribution in [3.05, 3.63) is 83.1 Å². The molecule has 1 unspecified atom stereocenters. The number of hydrogen-bond donors (Lipinski definition) is 0. The lowest BCUT2D eigenvalue weighted by molar-refractivity contribution is -0.139. The van der Waals surface area contributed by atoms with E-state index in [2.05, 4.69) is 0 Å². The van der Waals surface area contributed by atoms with Crippen LogP contribution in [0, 0.1) is 0 Å². The van der Waals surface area contributed by atoms with Crippen molar-refractivity contribution in [3.63, 3.8) is 0 Å². The van der Waals surface area contributed by atoms with Gasteiger partial charge in [0.1, 0.15) is 17.6 Å². The molecule has 28 heavy (non-hydrogen) atoms. The number of benzene rings is 2. The number of nitrogens with zero attached hydrogens (tertiary/aromatic N) is 1. The summed E-state index contributed by atoms with van der Waals surface area (Å²) in [5.41, 5.74) is 2.08. The highest BCUT2D eigenvalue weighted by Gasteiger charge is 2.25. The molecule has 4 rings (SSSR count). The fourth-order valence-corrected chi connectivity index (χ4v) is 3.54. The molecule has 1 amide bonds. The zero-order chi connectivity index (χ0) is 19.3. The first-order chi connectivity index (χ1) is 13.7. The normalized spacial score (nSPS) is 16.9. The molecule has 1 aliphatic rings. The molecular formula is C23H22ClNO3. The van der Waals surface area contributed by atoms with Crippen molar-refractivity contribution in [2.24, 2.45) is 0 Å². The molecule has 0 saturated carbocycles. The monoisotopic (exact) mass is 395 g/mol. The Bertz CT molecular complexity index is 921. The van der Waals surface area contributed by atoms with E-state index >= 15 is 0 Å². The number of carbonyl (C=O) groups is 1. The van der Waals surface area contributed by atoms with Crippen LogP contribution in [0.3, 0.4) is 0 Å². The lowest BCUT2D eigenvalue weighted by atomic mass is 10.1. The van der Waals surface area contributed by atoms with Crippen LogP contribution in [0.5, 0.6) is 0 Å². The van der Waals surface area contributed by atoms with Crippen molar-refractivity contribution in [1.29, 1.82) is 0 Å². The van der Waals surface area contributed by atoms with Gasteiger partial charge in [0.15, 0.2) is 0 Å². The van der Waals surface area contributed by atoms with Crippen LogP contribution in [0.25, 0.3) is 11.3 Å². The number of furan rings is 1. The molecule has 1 saturated heterocycles. The number of halogens is 1. The topological polar surface area (TPSA) is 42.7 Å². The van der Waals surface area contributed by atoms with Crippen molar-refractivity contribution in [1.82, 2.24) is 4.90 Å². The van der Waals surface area contributed by atoms with E-state index in [1.54, 1.807) is 0 Å². The van der Waals surface area contributed by atoms with E-state index in [4.69, 9.17) is 20.8 Å². The van der Waals surface area contributed by atoms with Gasteiger partial charge >= 0.3 is 0 Å². The van der Waals surface area contributed by atoms with Crippen molar-refractivity contribution in [3.8, 4) is 11.3 Å². The third-order valence-corrected chi connectivity index (χ3v) is 5.22. The molecule has 4 nitrogen and oxygen atoms in total. The molecule has 0 N–H and O–H groups in total. The van der Waals surface area contributed by atoms with E-state index in [1.165, 1.54) is 0 Å². The lowest BCUT2D eigenvalue weighted by Crippen LogP contribution is -2.42. The van der Waals surface area contributed by atoms with Crippen LogP contribution in [-0.4, -0.2) is 30.5 Å². The Hall–Kier alpha value is -2.56. The van der Waals surface area contributed by atoms with E-state index in [0.717, 1.165) is 22.6 Å². The second kappa shape index (κ2) is 8.63. The third-order valence-electron chi connectivity index (χ3n) is 4.97. The summed E-state index contributed by atoms with van der Waals surface area (Å²) in [6.45, 7) is 1.72. The van der Waals surface area contributed by atoms with Crippen molar-refractivity contribution < 1.29 is 13.9 Å². The van der Waals surface area contributed by atoms with E-state index in [1.807, 2.05) is 71.6 Å². The van der Waals surface area contributed by atoms with Gasteiger partial charge in [-0.15, -0.1) is 0 Å². The first kappa shape index (κ1) is 18.8. The number of ether oxygens (including phenoxy) is 1. The second-order valence-corrected chi connectivity index (χ2v) is 7.32. The van der Waals surface area contributed by atoms with Crippen LogP contribution in [0.15, 0.2) is 71.1 Å². The van der Waals surface area contributed by atoms with Gasteiger partial charge in [-0.3, -0.25) is 4.79 Å². The summed E-state index contributed by atoms with van der Waals surface area (Å²) in [6, 6.07) is 21.5. The summed E-state index contributed by atoms with van der Waals surface area (Å²) in [4.78, 5) is 14.6. The summed E-state index contributed by atoms with van der Waals surface area (Å²) in [6.07, 6.45) is 0.909. The molecule has 1 aliphatic heterocycles. The summed E-state index contributed by atoms with van der Waals surface area (Å²) >= 11 is 5.96. The summed E-state index contributed by atoms with van der Waals surface area (Å²) in [5, 5.41) is 0.695. The Morgan fingerprint density at radius 2 is 1.82 bits per heavy atom. The van der Waals surface area contributed by atoms with Gasteiger partial charge in [-0.1, -0.05) is 54.1 Å². The molecule has 1 fully saturated rings. The number of amides is 1. The van der Waals surface area contributed by atoms with E-state index < -0.39 is 0 Å². The Labute approximate surface area is 169 Å². The van der Waals surface area contributed by atoms with Crippen molar-refractivity contribution >= 4 is 17.5 Å². The fraction of sp³-hybridized carbons (Fsp3) is 0.261. The number of aryl methyl sites for hydroxylation is 1. The van der Waals surface area contributed by atoms with Gasteiger partial charge in [-0.05, 0) is 29.8 Å². The zero-order valence-corrected chi connectivity index (χ0v) is 16.3. The molecule has 2 heterocycles. The Kier molecular flexibility index (Phi) is 5.79. The van der Waals surface area contributed by atoms with E-state index in [9.17, 15) is 4.79 Å². The van der Waals surface area contributed by atoms with Crippen LogP contribution >= 0.6 is 11.6 Å². The largest absolute Gasteiger partial charge is 0.461 e. The van der Waals surface area contributed by atoms with Gasteiger partial charge in [-0.2, -0.15) is 0 Å². The third kappa shape index (κ3) is 4.46. The average Bonchev–Trinajstić information content (AvgIpc) is 3.22. The SMILES string of the molecule is O=C(CCc1ccc(-c2ccccc2)o1)N1CCOC(c2ccc(Cl)cc2)C1. The second-order valence-electron chi connectivity index (χ2n) is 6.88. The van der Waals surface area contributed by atoms with Crippen LogP contribution in [0.4, 0.5) is 0 Å². The Morgan fingerprint density at radius 3 is 2.61 bits per heavy atom. The maximum Gasteiger partial charge on any atom is 0.223 e. The summed E-state index contributed by atoms with van der Waals surface area (Å²) in [7, 11) is 0. The van der Waals surface area contributed by atoms with Crippen molar-refractivity contribution in [2.45, 2.75) is 18.9 Å². The molecule has 0 radical (unpaired) electrons. The maximum atomic E-state index is 12.7. The molecule has 3 aromatic rings. The van der Waals surface area contributed by atoms with Gasteiger partial charge in [-0.25, -0.2) is 0 Å². The van der Waals surface area contributed by atoms with Gasteiger partial charge in [0.05, 0.1) is 13.2 Å². The first-order valence-corrected chi connectivity index (χ1v) is 9.86. The van der Waals surface area contributed by atoms with Gasteiger partial charge < -0.3 is 14.1 Å². The molecule has 1 atom stereocenters. The van der Waals surface area contributed by atoms with E-state index in [-0.39, 0.29) is 12.0 Å². The molecular weight excluding hydrogens is 374 g/mol. The molecule has 2 aromatic carbocycles. The lowest BCUT2D eigenvalue weighted by Gasteiger charge is -2.33.